The molecule has 1 aromatic heterocycles. The number of imide groups is 2. The average Bonchev–Trinajstić information content (AvgIpc) is 3.04. The number of hydrogen-bond acceptors (Lipinski definition) is 5. The second kappa shape index (κ2) is 8.65. The molecule has 2 fully saturated rings. The van der Waals surface area contributed by atoms with E-state index in [1.54, 1.807) is 13.0 Å². The molecule has 0 bridgehead atoms. The summed E-state index contributed by atoms with van der Waals surface area (Å²) in [5.41, 5.74) is 3.74. The van der Waals surface area contributed by atoms with E-state index in [1.165, 1.54) is 23.1 Å². The van der Waals surface area contributed by atoms with E-state index in [2.05, 4.69) is 5.32 Å². The van der Waals surface area contributed by atoms with Crippen LogP contribution >= 0.6 is 0 Å². The molecule has 1 aliphatic carbocycles. The number of nitrogens with zero attached hydrogens (tertiary/aromatic N) is 3. The van der Waals surface area contributed by atoms with E-state index in [4.69, 9.17) is 0 Å². The molecule has 1 saturated carbocycles. The Kier molecular flexibility index (Phi) is 5.88. The van der Waals surface area contributed by atoms with Gasteiger partial charge in [-0.15, -0.1) is 0 Å². The number of aryl methyl sites for hydroxylation is 2. The van der Waals surface area contributed by atoms with Crippen LogP contribution < -0.4 is 5.32 Å². The van der Waals surface area contributed by atoms with Gasteiger partial charge in [-0.2, -0.15) is 0 Å². The first-order valence-corrected chi connectivity index (χ1v) is 11.0. The predicted octanol–water partition coefficient (Wildman–Crippen LogP) is 4.11. The zero-order valence-electron chi connectivity index (χ0n) is 18.9. The third-order valence-electron chi connectivity index (χ3n) is 6.48. The van der Waals surface area contributed by atoms with Crippen molar-refractivity contribution in [3.8, 4) is 5.69 Å². The van der Waals surface area contributed by atoms with Crippen molar-refractivity contribution >= 4 is 29.6 Å². The van der Waals surface area contributed by atoms with E-state index in [-0.39, 0.29) is 17.3 Å². The van der Waals surface area contributed by atoms with Crippen LogP contribution in [0.5, 0.6) is 0 Å². The van der Waals surface area contributed by atoms with Gasteiger partial charge in [-0.1, -0.05) is 19.3 Å². The van der Waals surface area contributed by atoms with Crippen LogP contribution in [0.4, 0.5) is 10.5 Å². The Morgan fingerprint density at radius 2 is 1.76 bits per heavy atom. The molecule has 1 saturated heterocycles. The van der Waals surface area contributed by atoms with E-state index in [1.807, 2.05) is 24.5 Å². The molecule has 0 radical (unpaired) electrons. The van der Waals surface area contributed by atoms with Crippen LogP contribution in [0, 0.1) is 30.9 Å². The fraction of sp³-hybridized carbons (Fsp3) is 0.375. The van der Waals surface area contributed by atoms with Crippen LogP contribution in [0.1, 0.15) is 54.6 Å². The molecule has 0 atom stereocenters. The normalized spacial score (nSPS) is 18.7. The topological polar surface area (TPSA) is 115 Å². The van der Waals surface area contributed by atoms with Gasteiger partial charge in [-0.3, -0.25) is 29.9 Å². The summed E-state index contributed by atoms with van der Waals surface area (Å²) in [7, 11) is 0. The van der Waals surface area contributed by atoms with Gasteiger partial charge >= 0.3 is 6.03 Å². The summed E-state index contributed by atoms with van der Waals surface area (Å²) in [5, 5.41) is 13.4. The fourth-order valence-electron chi connectivity index (χ4n) is 4.81. The number of urea groups is 1. The van der Waals surface area contributed by atoms with Crippen molar-refractivity contribution < 1.29 is 19.3 Å². The Labute approximate surface area is 191 Å². The third-order valence-corrected chi connectivity index (χ3v) is 6.48. The summed E-state index contributed by atoms with van der Waals surface area (Å²) >= 11 is 0. The van der Waals surface area contributed by atoms with Crippen molar-refractivity contribution in [3.63, 3.8) is 0 Å². The number of nitro benzene ring substituents is 1. The molecular formula is C24H26N4O5. The van der Waals surface area contributed by atoms with Crippen molar-refractivity contribution in [2.75, 3.05) is 0 Å². The Hall–Kier alpha value is -3.75. The summed E-state index contributed by atoms with van der Waals surface area (Å²) in [6.45, 7) is 5.54. The number of carbonyl (C=O) groups is 3. The Morgan fingerprint density at radius 1 is 1.06 bits per heavy atom. The summed E-state index contributed by atoms with van der Waals surface area (Å²) < 4.78 is 1.93. The fourth-order valence-corrected chi connectivity index (χ4v) is 4.81. The molecule has 172 valence electrons. The maximum Gasteiger partial charge on any atom is 0.331 e. The lowest BCUT2D eigenvalue weighted by Crippen LogP contribution is -2.58. The number of benzene rings is 1. The van der Waals surface area contributed by atoms with E-state index < -0.39 is 22.8 Å². The number of barbiturate groups is 1. The molecule has 1 N–H and O–H groups in total. The smallest absolute Gasteiger partial charge is 0.318 e. The lowest BCUT2D eigenvalue weighted by atomic mass is 9.93. The van der Waals surface area contributed by atoms with Crippen LogP contribution in [-0.4, -0.2) is 38.3 Å². The van der Waals surface area contributed by atoms with E-state index in [0.717, 1.165) is 54.7 Å². The highest BCUT2D eigenvalue weighted by Crippen LogP contribution is 2.29. The lowest BCUT2D eigenvalue weighted by molar-refractivity contribution is -0.384. The minimum atomic E-state index is -0.701. The van der Waals surface area contributed by atoms with Gasteiger partial charge in [0.15, 0.2) is 0 Å². The van der Waals surface area contributed by atoms with Gasteiger partial charge in [0.25, 0.3) is 17.5 Å². The van der Waals surface area contributed by atoms with Crippen molar-refractivity contribution in [1.29, 1.82) is 0 Å². The Morgan fingerprint density at radius 3 is 2.39 bits per heavy atom. The van der Waals surface area contributed by atoms with Crippen LogP contribution in [0.15, 0.2) is 29.8 Å². The monoisotopic (exact) mass is 450 g/mol. The van der Waals surface area contributed by atoms with Gasteiger partial charge in [-0.05, 0) is 62.9 Å². The standard InChI is InChI=1S/C24H26N4O5/c1-14-11-19(28(32)33)9-10-21(14)26-15(2)12-17(16(26)3)13-20-22(29)25-24(31)27(23(20)30)18-7-5-4-6-8-18/h9-13,18H,4-8H2,1-3H3,(H,25,29,31)/b20-13+. The first kappa shape index (κ1) is 22.4. The molecule has 33 heavy (non-hydrogen) atoms. The van der Waals surface area contributed by atoms with Gasteiger partial charge in [0.1, 0.15) is 5.57 Å². The maximum absolute atomic E-state index is 13.2. The number of aromatic nitrogens is 1. The number of rotatable bonds is 4. The van der Waals surface area contributed by atoms with Crippen LogP contribution in [-0.2, 0) is 9.59 Å². The van der Waals surface area contributed by atoms with Crippen LogP contribution in [0.25, 0.3) is 11.8 Å². The molecule has 1 aliphatic heterocycles. The number of hydrogen-bond donors (Lipinski definition) is 1. The van der Waals surface area contributed by atoms with Gasteiger partial charge in [0.05, 0.1) is 4.92 Å². The molecule has 9 nitrogen and oxygen atoms in total. The number of carbonyl (C=O) groups excluding carboxylic acids is 3. The molecule has 1 aromatic carbocycles. The van der Waals surface area contributed by atoms with Crippen molar-refractivity contribution in [2.24, 2.45) is 0 Å². The highest BCUT2D eigenvalue weighted by Gasteiger charge is 2.40. The van der Waals surface area contributed by atoms with Crippen LogP contribution in [0.2, 0.25) is 0 Å². The van der Waals surface area contributed by atoms with E-state index in [0.29, 0.717) is 5.56 Å². The Balaban J connectivity index is 1.72. The average molecular weight is 450 g/mol. The van der Waals surface area contributed by atoms with Gasteiger partial charge in [0.2, 0.25) is 0 Å². The number of nitro groups is 1. The number of non-ortho nitro benzene ring substituents is 1. The van der Waals surface area contributed by atoms with Crippen molar-refractivity contribution in [1.82, 2.24) is 14.8 Å². The molecular weight excluding hydrogens is 424 g/mol. The summed E-state index contributed by atoms with van der Waals surface area (Å²) in [5.74, 6) is -1.26. The second-order valence-corrected chi connectivity index (χ2v) is 8.67. The molecule has 2 aliphatic rings. The SMILES string of the molecule is Cc1cc([N+](=O)[O-])ccc1-n1c(C)cc(/C=C2\C(=O)NC(=O)N(C3CCCCC3)C2=O)c1C. The summed E-state index contributed by atoms with van der Waals surface area (Å²) in [6, 6.07) is 5.65. The number of amides is 4. The molecule has 2 heterocycles. The van der Waals surface area contributed by atoms with Gasteiger partial charge in [0, 0.05) is 35.2 Å². The van der Waals surface area contributed by atoms with Gasteiger partial charge in [-0.25, -0.2) is 4.79 Å². The minimum absolute atomic E-state index is 0.0120. The highest BCUT2D eigenvalue weighted by molar-refractivity contribution is 6.31. The molecule has 4 amide bonds. The molecule has 4 rings (SSSR count). The quantitative estimate of drug-likeness (QED) is 0.326. The summed E-state index contributed by atoms with van der Waals surface area (Å²) in [4.78, 5) is 50.0. The maximum atomic E-state index is 13.2. The highest BCUT2D eigenvalue weighted by atomic mass is 16.6. The predicted molar refractivity (Wildman–Crippen MR) is 122 cm³/mol. The third kappa shape index (κ3) is 4.06. The van der Waals surface area contributed by atoms with Crippen LogP contribution in [0.3, 0.4) is 0 Å². The minimum Gasteiger partial charge on any atom is -0.318 e. The van der Waals surface area contributed by atoms with Crippen molar-refractivity contribution in [2.45, 2.75) is 58.9 Å². The molecule has 9 heteroatoms. The zero-order valence-corrected chi connectivity index (χ0v) is 18.9. The van der Waals surface area contributed by atoms with E-state index >= 15 is 0 Å². The summed E-state index contributed by atoms with van der Waals surface area (Å²) in [6.07, 6.45) is 5.99. The lowest BCUT2D eigenvalue weighted by Gasteiger charge is -2.35. The molecule has 2 aromatic rings. The second-order valence-electron chi connectivity index (χ2n) is 8.67. The zero-order chi connectivity index (χ0) is 23.9. The molecule has 0 spiro atoms. The first-order chi connectivity index (χ1) is 15.7. The Bertz CT molecular complexity index is 1200. The van der Waals surface area contributed by atoms with Crippen molar-refractivity contribution in [3.05, 3.63) is 62.5 Å². The first-order valence-electron chi connectivity index (χ1n) is 11.0. The van der Waals surface area contributed by atoms with Gasteiger partial charge < -0.3 is 4.57 Å². The van der Waals surface area contributed by atoms with E-state index in [9.17, 15) is 24.5 Å². The number of nitrogens with one attached hydrogen (secondary N) is 1. The largest absolute Gasteiger partial charge is 0.331 e. The molecule has 0 unspecified atom stereocenters.